The summed E-state index contributed by atoms with van der Waals surface area (Å²) < 4.78 is 13.0. The Labute approximate surface area is 108 Å². The van der Waals surface area contributed by atoms with Crippen LogP contribution in [0.5, 0.6) is 0 Å². The van der Waals surface area contributed by atoms with E-state index in [0.29, 0.717) is 12.2 Å². The van der Waals surface area contributed by atoms with Crippen LogP contribution >= 0.6 is 11.3 Å². The molecule has 3 nitrogen and oxygen atoms in total. The van der Waals surface area contributed by atoms with Gasteiger partial charge in [-0.1, -0.05) is 0 Å². The number of nitrogens with one attached hydrogen (secondary N) is 1. The topological polar surface area (TPSA) is 49.3 Å². The van der Waals surface area contributed by atoms with Crippen LogP contribution in [0.1, 0.15) is 21.5 Å². The van der Waals surface area contributed by atoms with Crippen molar-refractivity contribution < 1.29 is 14.3 Å². The lowest BCUT2D eigenvalue weighted by molar-refractivity contribution is 0.0697. The van der Waals surface area contributed by atoms with E-state index in [-0.39, 0.29) is 5.56 Å². The Morgan fingerprint density at radius 2 is 2.22 bits per heavy atom. The third-order valence-electron chi connectivity index (χ3n) is 2.64. The van der Waals surface area contributed by atoms with E-state index < -0.39 is 11.8 Å². The summed E-state index contributed by atoms with van der Waals surface area (Å²) in [5.41, 5.74) is 2.64. The molecule has 2 aromatic rings. The second kappa shape index (κ2) is 5.18. The molecule has 0 atom stereocenters. The molecular weight excluding hydrogens is 253 g/mol. The van der Waals surface area contributed by atoms with Crippen LogP contribution in [-0.4, -0.2) is 11.1 Å². The highest BCUT2D eigenvalue weighted by molar-refractivity contribution is 7.08. The molecule has 0 aliphatic rings. The first-order valence-electron chi connectivity index (χ1n) is 5.36. The molecule has 1 aromatic heterocycles. The lowest BCUT2D eigenvalue weighted by atomic mass is 10.1. The third-order valence-corrected chi connectivity index (χ3v) is 3.55. The molecule has 1 aromatic carbocycles. The fraction of sp³-hybridized carbons (Fsp3) is 0.154. The van der Waals surface area contributed by atoms with E-state index in [0.717, 1.165) is 17.2 Å². The average molecular weight is 265 g/mol. The van der Waals surface area contributed by atoms with Crippen molar-refractivity contribution in [3.63, 3.8) is 0 Å². The lowest BCUT2D eigenvalue weighted by Gasteiger charge is -2.09. The van der Waals surface area contributed by atoms with Gasteiger partial charge in [-0.15, -0.1) is 0 Å². The minimum Gasteiger partial charge on any atom is -0.478 e. The normalized spacial score (nSPS) is 10.3. The van der Waals surface area contributed by atoms with Gasteiger partial charge in [0.1, 0.15) is 5.82 Å². The zero-order valence-electron chi connectivity index (χ0n) is 9.74. The number of benzene rings is 1. The van der Waals surface area contributed by atoms with Crippen molar-refractivity contribution in [1.82, 2.24) is 0 Å². The Hall–Kier alpha value is -1.88. The molecule has 0 unspecified atom stereocenters. The van der Waals surface area contributed by atoms with Crippen molar-refractivity contribution >= 4 is 23.0 Å². The zero-order chi connectivity index (χ0) is 13.1. The van der Waals surface area contributed by atoms with Crippen LogP contribution in [0, 0.1) is 12.7 Å². The summed E-state index contributed by atoms with van der Waals surface area (Å²) in [4.78, 5) is 11.0. The summed E-state index contributed by atoms with van der Waals surface area (Å²) in [7, 11) is 0. The van der Waals surface area contributed by atoms with Crippen molar-refractivity contribution in [2.75, 3.05) is 5.32 Å². The highest BCUT2D eigenvalue weighted by Crippen LogP contribution is 2.20. The van der Waals surface area contributed by atoms with Crippen LogP contribution in [0.25, 0.3) is 0 Å². The van der Waals surface area contributed by atoms with E-state index in [1.54, 1.807) is 11.3 Å². The summed E-state index contributed by atoms with van der Waals surface area (Å²) >= 11 is 1.60. The summed E-state index contributed by atoms with van der Waals surface area (Å²) in [6.07, 6.45) is 0. The molecule has 94 valence electrons. The van der Waals surface area contributed by atoms with E-state index in [1.807, 2.05) is 17.7 Å². The average Bonchev–Trinajstić information content (AvgIpc) is 2.73. The van der Waals surface area contributed by atoms with Gasteiger partial charge < -0.3 is 10.4 Å². The molecule has 0 amide bonds. The van der Waals surface area contributed by atoms with Crippen LogP contribution in [0.4, 0.5) is 10.1 Å². The predicted octanol–water partition coefficient (Wildman–Crippen LogP) is 3.51. The quantitative estimate of drug-likeness (QED) is 0.889. The summed E-state index contributed by atoms with van der Waals surface area (Å²) in [6.45, 7) is 2.53. The van der Waals surface area contributed by atoms with E-state index >= 15 is 0 Å². The second-order valence-corrected chi connectivity index (χ2v) is 4.67. The largest absolute Gasteiger partial charge is 0.478 e. The number of hydrogen-bond acceptors (Lipinski definition) is 3. The second-order valence-electron chi connectivity index (χ2n) is 3.93. The minimum absolute atomic E-state index is 0.0529. The van der Waals surface area contributed by atoms with Gasteiger partial charge in [-0.2, -0.15) is 11.3 Å². The number of aromatic carboxylic acids is 1. The maximum absolute atomic E-state index is 13.0. The van der Waals surface area contributed by atoms with Crippen molar-refractivity contribution in [2.45, 2.75) is 13.5 Å². The number of halogens is 1. The molecule has 0 aliphatic carbocycles. The van der Waals surface area contributed by atoms with Gasteiger partial charge in [0.25, 0.3) is 0 Å². The number of anilines is 1. The Morgan fingerprint density at radius 1 is 1.44 bits per heavy atom. The maximum Gasteiger partial charge on any atom is 0.337 e. The summed E-state index contributed by atoms with van der Waals surface area (Å²) in [6, 6.07) is 3.71. The summed E-state index contributed by atoms with van der Waals surface area (Å²) in [5.74, 6) is -1.69. The van der Waals surface area contributed by atoms with Crippen molar-refractivity contribution in [2.24, 2.45) is 0 Å². The molecular formula is C13H12FNO2S. The Bertz CT molecular complexity index is 580. The Morgan fingerprint density at radius 3 is 2.83 bits per heavy atom. The number of carbonyl (C=O) groups is 1. The first-order chi connectivity index (χ1) is 8.58. The molecule has 2 N–H and O–H groups in total. The molecule has 0 fully saturated rings. The third kappa shape index (κ3) is 2.68. The van der Waals surface area contributed by atoms with Gasteiger partial charge in [0, 0.05) is 12.2 Å². The molecule has 0 saturated heterocycles. The van der Waals surface area contributed by atoms with E-state index in [9.17, 15) is 9.18 Å². The zero-order valence-corrected chi connectivity index (χ0v) is 10.6. The molecule has 1 heterocycles. The van der Waals surface area contributed by atoms with Gasteiger partial charge in [0.05, 0.1) is 5.56 Å². The minimum atomic E-state index is -1.14. The van der Waals surface area contributed by atoms with Crippen molar-refractivity contribution in [1.29, 1.82) is 0 Å². The molecule has 0 spiro atoms. The number of hydrogen-bond donors (Lipinski definition) is 2. The fourth-order valence-electron chi connectivity index (χ4n) is 1.61. The first kappa shape index (κ1) is 12.6. The number of aryl methyl sites for hydroxylation is 1. The Kier molecular flexibility index (Phi) is 3.62. The van der Waals surface area contributed by atoms with Gasteiger partial charge in [-0.05, 0) is 47.0 Å². The first-order valence-corrected chi connectivity index (χ1v) is 6.30. The molecule has 2 rings (SSSR count). The van der Waals surface area contributed by atoms with Gasteiger partial charge in [-0.3, -0.25) is 0 Å². The van der Waals surface area contributed by atoms with Crippen molar-refractivity contribution in [3.8, 4) is 0 Å². The van der Waals surface area contributed by atoms with Gasteiger partial charge in [-0.25, -0.2) is 9.18 Å². The molecule has 0 saturated carbocycles. The number of carboxylic acid groups (broad SMARTS) is 1. The van der Waals surface area contributed by atoms with Crippen LogP contribution in [0.15, 0.2) is 29.0 Å². The van der Waals surface area contributed by atoms with Crippen LogP contribution in [0.2, 0.25) is 0 Å². The highest BCUT2D eigenvalue weighted by Gasteiger charge is 2.11. The Balaban J connectivity index is 2.19. The molecule has 0 radical (unpaired) electrons. The summed E-state index contributed by atoms with van der Waals surface area (Å²) in [5, 5.41) is 16.1. The van der Waals surface area contributed by atoms with Crippen LogP contribution in [0.3, 0.4) is 0 Å². The maximum atomic E-state index is 13.0. The number of carboxylic acids is 1. The van der Waals surface area contributed by atoms with Gasteiger partial charge >= 0.3 is 5.97 Å². The van der Waals surface area contributed by atoms with E-state index in [2.05, 4.69) is 5.32 Å². The van der Waals surface area contributed by atoms with Gasteiger partial charge in [0.2, 0.25) is 0 Å². The van der Waals surface area contributed by atoms with Gasteiger partial charge in [0.15, 0.2) is 0 Å². The van der Waals surface area contributed by atoms with Crippen molar-refractivity contribution in [3.05, 3.63) is 51.5 Å². The standard InChI is InChI=1S/C13H12FNO2S/c1-8-6-18-7-9(8)5-15-12-3-2-10(14)4-11(12)13(16)17/h2-4,6-7,15H,5H2,1H3,(H,16,17). The molecule has 0 bridgehead atoms. The van der Waals surface area contributed by atoms with E-state index in [4.69, 9.17) is 5.11 Å². The van der Waals surface area contributed by atoms with E-state index in [1.165, 1.54) is 12.1 Å². The molecule has 5 heteroatoms. The smallest absolute Gasteiger partial charge is 0.337 e. The number of thiophene rings is 1. The lowest BCUT2D eigenvalue weighted by Crippen LogP contribution is -2.07. The van der Waals surface area contributed by atoms with Crippen LogP contribution < -0.4 is 5.32 Å². The molecule has 18 heavy (non-hydrogen) atoms. The number of rotatable bonds is 4. The highest BCUT2D eigenvalue weighted by atomic mass is 32.1. The SMILES string of the molecule is Cc1cscc1CNc1ccc(F)cc1C(=O)O. The fourth-order valence-corrected chi connectivity index (χ4v) is 2.46. The predicted molar refractivity (Wildman–Crippen MR) is 69.7 cm³/mol. The monoisotopic (exact) mass is 265 g/mol. The molecule has 0 aliphatic heterocycles. The van der Waals surface area contributed by atoms with Crippen LogP contribution in [-0.2, 0) is 6.54 Å².